The van der Waals surface area contributed by atoms with E-state index in [4.69, 9.17) is 0 Å². The molecule has 0 saturated carbocycles. The molecule has 0 radical (unpaired) electrons. The monoisotopic (exact) mass is 772 g/mol. The summed E-state index contributed by atoms with van der Waals surface area (Å²) in [5.41, 5.74) is 0. The molecule has 0 bridgehead atoms. The number of aliphatic hydroxyl groups is 2. The van der Waals surface area contributed by atoms with E-state index in [2.05, 4.69) is 43.5 Å². The van der Waals surface area contributed by atoms with Crippen LogP contribution in [0, 0.1) is 0 Å². The smallest absolute Gasteiger partial charge is 0.220 e. The van der Waals surface area contributed by atoms with E-state index < -0.39 is 12.1 Å². The molecular formula is C51H97NO3. The number of amides is 1. The molecule has 2 unspecified atom stereocenters. The highest BCUT2D eigenvalue weighted by Crippen LogP contribution is 2.16. The van der Waals surface area contributed by atoms with Crippen molar-refractivity contribution in [2.45, 2.75) is 276 Å². The van der Waals surface area contributed by atoms with Crippen LogP contribution in [0.4, 0.5) is 0 Å². The third kappa shape index (κ3) is 43.6. The van der Waals surface area contributed by atoms with Crippen LogP contribution in [-0.2, 0) is 4.79 Å². The maximum absolute atomic E-state index is 12.4. The molecule has 2 atom stereocenters. The van der Waals surface area contributed by atoms with Crippen LogP contribution >= 0.6 is 0 Å². The normalized spacial score (nSPS) is 13.2. The van der Waals surface area contributed by atoms with Gasteiger partial charge in [0.1, 0.15) is 0 Å². The molecule has 0 aliphatic carbocycles. The summed E-state index contributed by atoms with van der Waals surface area (Å²) in [6.07, 6.45) is 62.8. The molecule has 0 rings (SSSR count). The van der Waals surface area contributed by atoms with Crippen molar-refractivity contribution in [3.8, 4) is 0 Å². The number of hydrogen-bond donors (Lipinski definition) is 3. The molecule has 1 amide bonds. The zero-order valence-electron chi connectivity index (χ0n) is 37.2. The van der Waals surface area contributed by atoms with E-state index in [9.17, 15) is 15.0 Å². The molecule has 4 nitrogen and oxygen atoms in total. The van der Waals surface area contributed by atoms with Gasteiger partial charge in [0.15, 0.2) is 0 Å². The van der Waals surface area contributed by atoms with Crippen molar-refractivity contribution in [2.75, 3.05) is 6.61 Å². The minimum Gasteiger partial charge on any atom is -0.394 e. The Morgan fingerprint density at radius 1 is 0.418 bits per heavy atom. The lowest BCUT2D eigenvalue weighted by atomic mass is 10.0. The fraction of sp³-hybridized carbons (Fsp3) is 0.863. The van der Waals surface area contributed by atoms with Crippen LogP contribution in [0.5, 0.6) is 0 Å². The van der Waals surface area contributed by atoms with E-state index in [-0.39, 0.29) is 12.5 Å². The lowest BCUT2D eigenvalue weighted by Gasteiger charge is -2.19. The summed E-state index contributed by atoms with van der Waals surface area (Å²) in [7, 11) is 0. The Labute approximate surface area is 344 Å². The Morgan fingerprint density at radius 2 is 0.709 bits per heavy atom. The first-order valence-electron chi connectivity index (χ1n) is 24.7. The van der Waals surface area contributed by atoms with Gasteiger partial charge in [0.25, 0.3) is 0 Å². The Morgan fingerprint density at radius 3 is 1.05 bits per heavy atom. The number of nitrogens with one attached hydrogen (secondary N) is 1. The van der Waals surface area contributed by atoms with Crippen molar-refractivity contribution >= 4 is 5.91 Å². The number of unbranched alkanes of at least 4 members (excludes halogenated alkanes) is 34. The standard InChI is InChI=1S/C51H97NO3/c1-3-5-7-9-11-13-15-17-19-21-22-23-24-25-26-27-28-29-31-32-34-36-38-40-42-44-46-50(54)49(48-53)52-51(55)47-45-43-41-39-37-35-33-30-20-18-16-14-12-10-8-6-4-2/h29,31,36,38,44,46,49-50,53-54H,3-28,30,32-35,37,39-43,45,47-48H2,1-2H3,(H,52,55)/b31-29+,38-36+,46-44+. The summed E-state index contributed by atoms with van der Waals surface area (Å²) in [6.45, 7) is 4.32. The van der Waals surface area contributed by atoms with Gasteiger partial charge in [0.2, 0.25) is 5.91 Å². The predicted octanol–water partition coefficient (Wildman–Crippen LogP) is 15.7. The lowest BCUT2D eigenvalue weighted by Crippen LogP contribution is -2.45. The molecule has 0 saturated heterocycles. The zero-order valence-corrected chi connectivity index (χ0v) is 37.2. The maximum Gasteiger partial charge on any atom is 0.220 e. The minimum atomic E-state index is -0.868. The molecule has 0 aliphatic rings. The summed E-state index contributed by atoms with van der Waals surface area (Å²) in [4.78, 5) is 12.4. The van der Waals surface area contributed by atoms with Crippen molar-refractivity contribution in [1.82, 2.24) is 5.32 Å². The number of allylic oxidation sites excluding steroid dienone is 5. The predicted molar refractivity (Wildman–Crippen MR) is 244 cm³/mol. The molecule has 0 aromatic carbocycles. The summed E-state index contributed by atoms with van der Waals surface area (Å²) in [5.74, 6) is -0.0746. The molecule has 0 aromatic rings. The van der Waals surface area contributed by atoms with Gasteiger partial charge in [-0.15, -0.1) is 0 Å². The summed E-state index contributed by atoms with van der Waals surface area (Å²) in [5, 5.41) is 23.0. The van der Waals surface area contributed by atoms with Gasteiger partial charge in [-0.1, -0.05) is 249 Å². The van der Waals surface area contributed by atoms with Crippen molar-refractivity contribution in [1.29, 1.82) is 0 Å². The third-order valence-electron chi connectivity index (χ3n) is 11.4. The molecule has 0 heterocycles. The van der Waals surface area contributed by atoms with E-state index >= 15 is 0 Å². The Kier molecular flexibility index (Phi) is 45.8. The molecule has 0 fully saturated rings. The van der Waals surface area contributed by atoms with Gasteiger partial charge in [-0.05, 0) is 44.9 Å². The summed E-state index contributed by atoms with van der Waals surface area (Å²) < 4.78 is 0. The number of aliphatic hydroxyl groups excluding tert-OH is 2. The first-order valence-corrected chi connectivity index (χ1v) is 24.7. The van der Waals surface area contributed by atoms with Crippen LogP contribution in [0.15, 0.2) is 36.5 Å². The average molecular weight is 772 g/mol. The van der Waals surface area contributed by atoms with Gasteiger partial charge in [-0.3, -0.25) is 4.79 Å². The SMILES string of the molecule is CCCCCCCCCCCCCCCCCC/C=C/CC/C=C/CC/C=C/C(O)C(CO)NC(=O)CCCCCCCCCCCCCCCCCCC. The first kappa shape index (κ1) is 53.6. The second-order valence-electron chi connectivity index (χ2n) is 16.9. The fourth-order valence-corrected chi connectivity index (χ4v) is 7.56. The van der Waals surface area contributed by atoms with Crippen molar-refractivity contribution < 1.29 is 15.0 Å². The van der Waals surface area contributed by atoms with Crippen LogP contribution in [0.1, 0.15) is 264 Å². The molecule has 0 spiro atoms. The van der Waals surface area contributed by atoms with Crippen LogP contribution in [0.2, 0.25) is 0 Å². The van der Waals surface area contributed by atoms with Crippen molar-refractivity contribution in [2.24, 2.45) is 0 Å². The minimum absolute atomic E-state index is 0.0746. The van der Waals surface area contributed by atoms with Gasteiger partial charge < -0.3 is 15.5 Å². The quantitative estimate of drug-likeness (QED) is 0.0426. The second kappa shape index (κ2) is 47.0. The van der Waals surface area contributed by atoms with E-state index in [0.29, 0.717) is 6.42 Å². The largest absolute Gasteiger partial charge is 0.394 e. The van der Waals surface area contributed by atoms with Gasteiger partial charge in [0, 0.05) is 6.42 Å². The molecule has 55 heavy (non-hydrogen) atoms. The van der Waals surface area contributed by atoms with Crippen LogP contribution in [0.3, 0.4) is 0 Å². The van der Waals surface area contributed by atoms with Crippen LogP contribution < -0.4 is 5.32 Å². The fourth-order valence-electron chi connectivity index (χ4n) is 7.56. The van der Waals surface area contributed by atoms with E-state index in [1.165, 1.54) is 205 Å². The van der Waals surface area contributed by atoms with Gasteiger partial charge in [-0.2, -0.15) is 0 Å². The van der Waals surface area contributed by atoms with E-state index in [0.717, 1.165) is 38.5 Å². The van der Waals surface area contributed by atoms with Crippen LogP contribution in [-0.4, -0.2) is 34.9 Å². The second-order valence-corrected chi connectivity index (χ2v) is 16.9. The number of carbonyl (C=O) groups is 1. The molecule has 4 heteroatoms. The first-order chi connectivity index (χ1) is 27.2. The van der Waals surface area contributed by atoms with Crippen LogP contribution in [0.25, 0.3) is 0 Å². The highest BCUT2D eigenvalue weighted by Gasteiger charge is 2.17. The average Bonchev–Trinajstić information content (AvgIpc) is 3.19. The van der Waals surface area contributed by atoms with E-state index in [1.54, 1.807) is 6.08 Å². The molecule has 0 aliphatic heterocycles. The Hall–Kier alpha value is -1.39. The number of rotatable bonds is 45. The Bertz CT molecular complexity index is 836. The van der Waals surface area contributed by atoms with Crippen molar-refractivity contribution in [3.63, 3.8) is 0 Å². The molecule has 324 valence electrons. The molecule has 3 N–H and O–H groups in total. The van der Waals surface area contributed by atoms with Gasteiger partial charge in [0.05, 0.1) is 18.8 Å². The zero-order chi connectivity index (χ0) is 40.0. The van der Waals surface area contributed by atoms with Crippen molar-refractivity contribution in [3.05, 3.63) is 36.5 Å². The number of hydrogen-bond acceptors (Lipinski definition) is 3. The summed E-state index contributed by atoms with van der Waals surface area (Å²) in [6, 6.07) is -0.643. The maximum atomic E-state index is 12.4. The highest BCUT2D eigenvalue weighted by atomic mass is 16.3. The number of carbonyl (C=O) groups excluding carboxylic acids is 1. The highest BCUT2D eigenvalue weighted by molar-refractivity contribution is 5.76. The topological polar surface area (TPSA) is 69.6 Å². The molecule has 0 aromatic heterocycles. The van der Waals surface area contributed by atoms with Gasteiger partial charge in [-0.25, -0.2) is 0 Å². The van der Waals surface area contributed by atoms with Gasteiger partial charge >= 0.3 is 0 Å². The molecular weight excluding hydrogens is 675 g/mol. The summed E-state index contributed by atoms with van der Waals surface area (Å²) >= 11 is 0. The van der Waals surface area contributed by atoms with E-state index in [1.807, 2.05) is 6.08 Å². The lowest BCUT2D eigenvalue weighted by molar-refractivity contribution is -0.123. The Balaban J connectivity index is 3.58. The third-order valence-corrected chi connectivity index (χ3v) is 11.4.